The summed E-state index contributed by atoms with van der Waals surface area (Å²) in [6, 6.07) is 15.0. The highest BCUT2D eigenvalue weighted by atomic mass is 19.1. The van der Waals surface area contributed by atoms with Gasteiger partial charge in [0.15, 0.2) is 0 Å². The number of aryl methyl sites for hydroxylation is 1. The van der Waals surface area contributed by atoms with Crippen LogP contribution in [-0.4, -0.2) is 26.5 Å². The van der Waals surface area contributed by atoms with Crippen molar-refractivity contribution in [1.29, 1.82) is 0 Å². The Morgan fingerprint density at radius 1 is 1.03 bits per heavy atom. The normalized spacial score (nSPS) is 11.4. The molecule has 0 aliphatic rings. The number of aliphatic hydroxyl groups is 1. The largest absolute Gasteiger partial charge is 0.507 e. The Morgan fingerprint density at radius 2 is 1.74 bits per heavy atom. The molecule has 3 rings (SSSR count). The van der Waals surface area contributed by atoms with Gasteiger partial charge in [-0.05, 0) is 53.8 Å². The highest BCUT2D eigenvalue weighted by molar-refractivity contribution is 6.38. The number of carbonyl (C=O) groups excluding carboxylic acids is 1. The van der Waals surface area contributed by atoms with Gasteiger partial charge in [-0.1, -0.05) is 36.4 Å². The number of aromatic nitrogens is 1. The predicted octanol–water partition coefficient (Wildman–Crippen LogP) is 3.49. The summed E-state index contributed by atoms with van der Waals surface area (Å²) in [6.45, 7) is 1.98. The van der Waals surface area contributed by atoms with Crippen molar-refractivity contribution in [1.82, 2.24) is 4.57 Å². The Balaban J connectivity index is 2.09. The van der Waals surface area contributed by atoms with Crippen molar-refractivity contribution in [3.63, 3.8) is 0 Å². The summed E-state index contributed by atoms with van der Waals surface area (Å²) < 4.78 is 14.8. The Hall–Kier alpha value is -4.00. The number of hydrogen-bond donors (Lipinski definition) is 2. The summed E-state index contributed by atoms with van der Waals surface area (Å²) in [4.78, 5) is 35.2. The molecule has 1 aromatic heterocycles. The van der Waals surface area contributed by atoms with Crippen molar-refractivity contribution in [2.75, 3.05) is 0 Å². The number of aliphatic hydroxyl groups excluding tert-OH is 1. The number of hydrogen-bond acceptors (Lipinski definition) is 4. The molecule has 7 heteroatoms. The van der Waals surface area contributed by atoms with E-state index in [1.54, 1.807) is 19.2 Å². The molecule has 0 unspecified atom stereocenters. The molecule has 6 nitrogen and oxygen atoms in total. The van der Waals surface area contributed by atoms with E-state index in [-0.39, 0.29) is 17.9 Å². The molecule has 158 valence electrons. The van der Waals surface area contributed by atoms with Crippen molar-refractivity contribution in [3.8, 4) is 0 Å². The second-order valence-corrected chi connectivity index (χ2v) is 7.13. The van der Waals surface area contributed by atoms with Gasteiger partial charge in [0.05, 0.1) is 12.1 Å². The Morgan fingerprint density at radius 3 is 2.39 bits per heavy atom. The van der Waals surface area contributed by atoms with Crippen molar-refractivity contribution in [2.24, 2.45) is 0 Å². The number of rotatable bonds is 7. The average Bonchev–Trinajstić information content (AvgIpc) is 2.72. The van der Waals surface area contributed by atoms with Crippen LogP contribution in [0.5, 0.6) is 0 Å². The van der Waals surface area contributed by atoms with E-state index in [2.05, 4.69) is 0 Å². The van der Waals surface area contributed by atoms with E-state index in [4.69, 9.17) is 5.11 Å². The van der Waals surface area contributed by atoms with Crippen molar-refractivity contribution < 1.29 is 24.2 Å². The summed E-state index contributed by atoms with van der Waals surface area (Å²) in [6.07, 6.45) is 2.49. The van der Waals surface area contributed by atoms with Crippen LogP contribution in [-0.2, 0) is 22.6 Å². The molecular formula is C24H20FNO5. The van der Waals surface area contributed by atoms with Crippen LogP contribution in [0, 0.1) is 12.7 Å². The standard InChI is InChI=1S/C24H20FNO5/c1-15-9-19(25)8-7-18(15)10-17-11-20(21(27)12-22(28)24(30)31)23(29)26(14-17)13-16-5-3-2-4-6-16/h2-9,11-12,14,27H,10,13H2,1H3,(H,30,31)/b21-12-. The summed E-state index contributed by atoms with van der Waals surface area (Å²) in [7, 11) is 0. The second-order valence-electron chi connectivity index (χ2n) is 7.13. The minimum absolute atomic E-state index is 0.192. The van der Waals surface area contributed by atoms with Crippen LogP contribution in [0.4, 0.5) is 4.39 Å². The molecule has 3 aromatic rings. The van der Waals surface area contributed by atoms with Gasteiger partial charge < -0.3 is 14.8 Å². The number of pyridine rings is 1. The number of carboxylic acids is 1. The minimum Gasteiger partial charge on any atom is -0.507 e. The van der Waals surface area contributed by atoms with Crippen LogP contribution in [0.15, 0.2) is 71.7 Å². The summed E-state index contributed by atoms with van der Waals surface area (Å²) in [5.74, 6) is -4.17. The first-order chi connectivity index (χ1) is 14.7. The van der Waals surface area contributed by atoms with Crippen molar-refractivity contribution in [3.05, 3.63) is 111 Å². The van der Waals surface area contributed by atoms with Gasteiger partial charge in [0.2, 0.25) is 0 Å². The molecular weight excluding hydrogens is 401 g/mol. The van der Waals surface area contributed by atoms with Crippen LogP contribution in [0.1, 0.15) is 27.8 Å². The summed E-state index contributed by atoms with van der Waals surface area (Å²) in [5.41, 5.74) is 2.25. The van der Waals surface area contributed by atoms with Crippen molar-refractivity contribution >= 4 is 17.5 Å². The molecule has 31 heavy (non-hydrogen) atoms. The van der Waals surface area contributed by atoms with Crippen LogP contribution in [0.25, 0.3) is 5.76 Å². The van der Waals surface area contributed by atoms with Gasteiger partial charge in [-0.15, -0.1) is 0 Å². The fraction of sp³-hybridized carbons (Fsp3) is 0.125. The van der Waals surface area contributed by atoms with Crippen LogP contribution >= 0.6 is 0 Å². The van der Waals surface area contributed by atoms with Gasteiger partial charge in [0.25, 0.3) is 11.3 Å². The maximum atomic E-state index is 13.4. The third kappa shape index (κ3) is 5.33. The first kappa shape index (κ1) is 21.7. The van der Waals surface area contributed by atoms with Crippen LogP contribution in [0.3, 0.4) is 0 Å². The Kier molecular flexibility index (Phi) is 6.45. The van der Waals surface area contributed by atoms with Crippen molar-refractivity contribution in [2.45, 2.75) is 19.9 Å². The van der Waals surface area contributed by atoms with Crippen LogP contribution < -0.4 is 5.56 Å². The number of nitrogens with zero attached hydrogens (tertiary/aromatic N) is 1. The monoisotopic (exact) mass is 421 g/mol. The molecule has 0 spiro atoms. The molecule has 1 heterocycles. The minimum atomic E-state index is -1.74. The number of halogens is 1. The van der Waals surface area contributed by atoms with E-state index in [9.17, 15) is 23.9 Å². The lowest BCUT2D eigenvalue weighted by atomic mass is 10.00. The molecule has 2 N–H and O–H groups in total. The Labute approximate surface area is 177 Å². The van der Waals surface area contributed by atoms with Crippen LogP contribution in [0.2, 0.25) is 0 Å². The van der Waals surface area contributed by atoms with Gasteiger partial charge in [-0.25, -0.2) is 9.18 Å². The van der Waals surface area contributed by atoms with Gasteiger partial charge in [-0.3, -0.25) is 9.59 Å². The lowest BCUT2D eigenvalue weighted by Gasteiger charge is -2.13. The van der Waals surface area contributed by atoms with Gasteiger partial charge in [0.1, 0.15) is 11.6 Å². The topological polar surface area (TPSA) is 96.6 Å². The quantitative estimate of drug-likeness (QED) is 0.346. The van der Waals surface area contributed by atoms with E-state index in [0.29, 0.717) is 18.1 Å². The second kappa shape index (κ2) is 9.21. The first-order valence-electron chi connectivity index (χ1n) is 9.45. The molecule has 2 aromatic carbocycles. The van der Waals surface area contributed by atoms with Gasteiger partial charge in [0, 0.05) is 12.3 Å². The SMILES string of the molecule is Cc1cc(F)ccc1Cc1cc(/C(O)=C/C(=O)C(=O)O)c(=O)n(Cc2ccccc2)c1. The van der Waals surface area contributed by atoms with E-state index in [0.717, 1.165) is 16.7 Å². The zero-order chi connectivity index (χ0) is 22.5. The first-order valence-corrected chi connectivity index (χ1v) is 9.45. The third-order valence-corrected chi connectivity index (χ3v) is 4.79. The molecule has 0 saturated carbocycles. The molecule has 0 bridgehead atoms. The number of carbonyl (C=O) groups is 2. The van der Waals surface area contributed by atoms with E-state index < -0.39 is 23.1 Å². The smallest absolute Gasteiger partial charge is 0.376 e. The maximum Gasteiger partial charge on any atom is 0.376 e. The number of carboxylic acid groups (broad SMARTS) is 1. The zero-order valence-corrected chi connectivity index (χ0v) is 16.7. The molecule has 0 fully saturated rings. The maximum absolute atomic E-state index is 13.4. The number of aliphatic carboxylic acids is 1. The average molecular weight is 421 g/mol. The lowest BCUT2D eigenvalue weighted by Crippen LogP contribution is -2.25. The molecule has 0 amide bonds. The number of ketones is 1. The summed E-state index contributed by atoms with van der Waals surface area (Å²) in [5, 5.41) is 19.1. The summed E-state index contributed by atoms with van der Waals surface area (Å²) >= 11 is 0. The number of benzene rings is 2. The molecule has 0 aliphatic heterocycles. The third-order valence-electron chi connectivity index (χ3n) is 4.79. The Bertz CT molecular complexity index is 1230. The lowest BCUT2D eigenvalue weighted by molar-refractivity contribution is -0.146. The van der Waals surface area contributed by atoms with Gasteiger partial charge >= 0.3 is 5.97 Å². The fourth-order valence-corrected chi connectivity index (χ4v) is 3.22. The highest BCUT2D eigenvalue weighted by Gasteiger charge is 2.16. The van der Waals surface area contributed by atoms with Gasteiger partial charge in [-0.2, -0.15) is 0 Å². The zero-order valence-electron chi connectivity index (χ0n) is 16.7. The van der Waals surface area contributed by atoms with E-state index in [1.807, 2.05) is 30.3 Å². The fourth-order valence-electron chi connectivity index (χ4n) is 3.22. The van der Waals surface area contributed by atoms with E-state index in [1.165, 1.54) is 22.8 Å². The molecule has 0 aliphatic carbocycles. The molecule has 0 atom stereocenters. The molecule has 0 saturated heterocycles. The molecule has 0 radical (unpaired) electrons. The van der Waals surface area contributed by atoms with E-state index >= 15 is 0 Å². The predicted molar refractivity (Wildman–Crippen MR) is 113 cm³/mol. The highest BCUT2D eigenvalue weighted by Crippen LogP contribution is 2.18.